The Hall–Kier alpha value is -13.6. The van der Waals surface area contributed by atoms with Crippen molar-refractivity contribution in [2.45, 2.75) is 6.92 Å². The van der Waals surface area contributed by atoms with Gasteiger partial charge in [-0.3, -0.25) is 0 Å². The summed E-state index contributed by atoms with van der Waals surface area (Å²) in [5.74, 6) is 152. The number of hydrogen-bond donors (Lipinski definition) is 0. The van der Waals surface area contributed by atoms with Crippen molar-refractivity contribution in [1.29, 1.82) is 0 Å². The maximum Gasteiger partial charge on any atom is 0.125 e. The lowest BCUT2D eigenvalue weighted by atomic mass is 10.4. The van der Waals surface area contributed by atoms with Crippen LogP contribution in [0.1, 0.15) is 8.29 Å². The Morgan fingerprint density at radius 2 is 0.254 bits per heavy atom. The summed E-state index contributed by atoms with van der Waals surface area (Å²) in [5.41, 5.74) is 0. The Kier molecular flexibility index (Phi) is 36.4. The maximum atomic E-state index is 6.57. The van der Waals surface area contributed by atoms with Crippen molar-refractivity contribution >= 4 is 0 Å². The zero-order valence-electron chi connectivity index (χ0n) is 33.0. The van der Waals surface area contributed by atoms with Crippen LogP contribution < -0.4 is 0 Å². The monoisotopic (exact) mass is 761 g/mol. The van der Waals surface area contributed by atoms with E-state index in [1.54, 1.807) is 6.92 Å². The normalized spacial score (nSPS) is 4.05. The average molecular weight is 762 g/mol. The molecule has 0 aromatic heterocycles. The van der Waals surface area contributed by atoms with Gasteiger partial charge in [0, 0.05) is 260 Å². The molecule has 0 fully saturated rings. The molecule has 0 amide bonds. The van der Waals surface area contributed by atoms with Crippen molar-refractivity contribution in [1.82, 2.24) is 0 Å². The van der Waals surface area contributed by atoms with Crippen LogP contribution in [0, 0.1) is 368 Å². The van der Waals surface area contributed by atoms with Gasteiger partial charge in [0.15, 0.2) is 0 Å². The van der Waals surface area contributed by atoms with Crippen LogP contribution in [0.3, 0.4) is 0 Å². The molecule has 0 aliphatic carbocycles. The van der Waals surface area contributed by atoms with Crippen LogP contribution in [-0.4, -0.2) is 0 Å². The molecule has 0 spiro atoms. The van der Waals surface area contributed by atoms with Crippen LogP contribution in [0.5, 0.6) is 0 Å². The lowest BCUT2D eigenvalue weighted by Gasteiger charge is -1.57. The molecule has 0 heteroatoms. The first-order valence-corrected chi connectivity index (χ1v) is 15.8. The molecular formula is C63H4. The largest absolute Gasteiger partial charge is 0.125 e. The maximum absolute atomic E-state index is 6.57. The molecule has 0 saturated carbocycles. The van der Waals surface area contributed by atoms with E-state index < -0.39 is 0 Å². The molecule has 0 saturated heterocycles. The minimum absolute atomic E-state index is 1.68. The van der Waals surface area contributed by atoms with E-state index in [0.29, 0.717) is 0 Å². The van der Waals surface area contributed by atoms with Crippen molar-refractivity contribution in [2.75, 3.05) is 0 Å². The Morgan fingerprint density at radius 3 is 0.349 bits per heavy atom. The molecule has 0 rings (SSSR count). The third kappa shape index (κ3) is 48.4. The highest BCUT2D eigenvalue weighted by Gasteiger charge is 1.63. The number of terminal acetylenes is 1. The van der Waals surface area contributed by atoms with Crippen molar-refractivity contribution in [3.05, 3.63) is 0 Å². The van der Waals surface area contributed by atoms with E-state index in [1.165, 1.54) is 0 Å². The van der Waals surface area contributed by atoms with Gasteiger partial charge in [-0.25, -0.2) is 0 Å². The molecule has 0 nitrogen and oxygen atoms in total. The van der Waals surface area contributed by atoms with E-state index in [9.17, 15) is 0 Å². The fraction of sp³-hybridized carbons (Fsp3) is 0.0159. The van der Waals surface area contributed by atoms with Gasteiger partial charge >= 0.3 is 0 Å². The van der Waals surface area contributed by atoms with E-state index in [2.05, 4.69) is 361 Å². The van der Waals surface area contributed by atoms with Gasteiger partial charge < -0.3 is 0 Å². The third-order valence-electron chi connectivity index (χ3n) is 3.81. The summed E-state index contributed by atoms with van der Waals surface area (Å²) >= 11 is 0. The second-order valence-electron chi connectivity index (χ2n) is 7.75. The summed E-state index contributed by atoms with van der Waals surface area (Å²) in [7, 11) is 0. The summed E-state index contributed by atoms with van der Waals surface area (Å²) in [6.07, 6.45) is 1.88. The van der Waals surface area contributed by atoms with E-state index in [1.807, 2.05) is 6.40 Å². The fourth-order valence-corrected chi connectivity index (χ4v) is 1.88. The predicted octanol–water partition coefficient (Wildman–Crippen LogP) is 0.742. The first kappa shape index (κ1) is 47.4. The third-order valence-corrected chi connectivity index (χ3v) is 3.81. The Balaban J connectivity index is 4.59. The van der Waals surface area contributed by atoms with Gasteiger partial charge in [-0.1, -0.05) is 5.92 Å². The minimum Gasteiger partial charge on any atom is -0.106 e. The molecule has 0 aromatic carbocycles. The van der Waals surface area contributed by atoms with Gasteiger partial charge in [-0.05, 0) is 102 Å². The SMILES string of the molecule is [2H]C#CC#CC#CC#CC#CC#CC#CC#CC#CC#CC#CC#CC#CC#CC#CC#CC#CC#CC#CC#CC#CC#CC#CC#CC#CC#CC#CC#CC#CC#CC#CC. The standard InChI is InChI=1S/C63H4/c1-3-5-7-9-11-13-15-17-19-21-23-25-27-29-31-33-35-37-39-41-43-45-47-49-51-53-55-57-59-61-63-62-60-58-56-54-52-50-48-46-44-42-40-38-36-34-32-30-28-26-24-22-20-18-16-14-12-10-8-6-4-2/h1H,2H3/i1D. The van der Waals surface area contributed by atoms with Gasteiger partial charge in [-0.15, -0.1) is 6.40 Å². The highest BCUT2D eigenvalue weighted by molar-refractivity contribution is 5.52. The van der Waals surface area contributed by atoms with Crippen molar-refractivity contribution in [3.63, 3.8) is 0 Å². The van der Waals surface area contributed by atoms with Crippen LogP contribution in [-0.2, 0) is 0 Å². The smallest absolute Gasteiger partial charge is 0.106 e. The molecule has 0 radical (unpaired) electrons. The summed E-state index contributed by atoms with van der Waals surface area (Å²) in [4.78, 5) is 0. The lowest BCUT2D eigenvalue weighted by molar-refractivity contribution is 1.92. The molecule has 0 atom stereocenters. The van der Waals surface area contributed by atoms with Gasteiger partial charge in [0.25, 0.3) is 0 Å². The highest BCUT2D eigenvalue weighted by atomic mass is 13.6. The topological polar surface area (TPSA) is 0 Å². The molecule has 0 N–H and O–H groups in total. The van der Waals surface area contributed by atoms with Gasteiger partial charge in [0.05, 0.1) is 0 Å². The fourth-order valence-electron chi connectivity index (χ4n) is 1.88. The molecule has 0 heterocycles. The molecule has 0 aliphatic rings. The van der Waals surface area contributed by atoms with Crippen LogP contribution in [0.4, 0.5) is 0 Å². The first-order chi connectivity index (χ1) is 31.9. The van der Waals surface area contributed by atoms with Crippen molar-refractivity contribution in [2.24, 2.45) is 0 Å². The molecular weight excluding hydrogens is 757 g/mol. The number of hydrogen-bond acceptors (Lipinski definition) is 0. The van der Waals surface area contributed by atoms with Gasteiger partial charge in [-0.2, -0.15) is 0 Å². The molecule has 63 heavy (non-hydrogen) atoms. The average Bonchev–Trinajstić information content (AvgIpc) is 3.31. The summed E-state index contributed by atoms with van der Waals surface area (Å²) in [5, 5.41) is 0. The molecule has 0 aromatic rings. The quantitative estimate of drug-likeness (QED) is 0.320. The van der Waals surface area contributed by atoms with Crippen molar-refractivity contribution in [3.8, 4) is 368 Å². The second kappa shape index (κ2) is 48.4. The second-order valence-corrected chi connectivity index (χ2v) is 7.75. The summed E-state index contributed by atoms with van der Waals surface area (Å²) in [6.45, 7) is 1.68. The van der Waals surface area contributed by atoms with Crippen LogP contribution in [0.15, 0.2) is 0 Å². The lowest BCUT2D eigenvalue weighted by Crippen LogP contribution is -1.57. The van der Waals surface area contributed by atoms with E-state index >= 15 is 0 Å². The van der Waals surface area contributed by atoms with Crippen LogP contribution >= 0.6 is 0 Å². The highest BCUT2D eigenvalue weighted by Crippen LogP contribution is 1.63. The van der Waals surface area contributed by atoms with Gasteiger partial charge in [0.2, 0.25) is 0 Å². The summed E-state index contributed by atoms with van der Waals surface area (Å²) < 4.78 is 6.57. The van der Waals surface area contributed by atoms with E-state index in [4.69, 9.17) is 1.37 Å². The number of rotatable bonds is 0. The van der Waals surface area contributed by atoms with E-state index in [-0.39, 0.29) is 0 Å². The molecule has 0 bridgehead atoms. The Morgan fingerprint density at radius 1 is 0.159 bits per heavy atom. The predicted molar refractivity (Wildman–Crippen MR) is 248 cm³/mol. The molecule has 0 aliphatic heterocycles. The first-order valence-electron chi connectivity index (χ1n) is 16.2. The summed E-state index contributed by atoms with van der Waals surface area (Å²) in [6, 6.07) is 0. The Labute approximate surface area is 374 Å². The minimum atomic E-state index is 1.68. The van der Waals surface area contributed by atoms with Crippen LogP contribution in [0.2, 0.25) is 0 Å². The van der Waals surface area contributed by atoms with Gasteiger partial charge in [0.1, 0.15) is 1.37 Å². The van der Waals surface area contributed by atoms with Crippen molar-refractivity contribution < 1.29 is 1.37 Å². The molecule has 256 valence electrons. The Bertz CT molecular complexity index is 3820. The zero-order valence-corrected chi connectivity index (χ0v) is 32.0. The zero-order chi connectivity index (χ0) is 45.8. The van der Waals surface area contributed by atoms with Crippen LogP contribution in [0.25, 0.3) is 0 Å². The van der Waals surface area contributed by atoms with E-state index in [0.717, 1.165) is 0 Å². The molecule has 0 unspecified atom stereocenters.